The molecule has 0 aliphatic rings. The van der Waals surface area contributed by atoms with Crippen molar-refractivity contribution >= 4 is 0 Å². The van der Waals surface area contributed by atoms with Gasteiger partial charge in [-0.15, -0.1) is 0 Å². The Balaban J connectivity index is 3.97. The van der Waals surface area contributed by atoms with Gasteiger partial charge in [0.1, 0.15) is 0 Å². The minimum Gasteiger partial charge on any atom is -0.313 e. The maximum atomic E-state index is 3.74. The zero-order chi connectivity index (χ0) is 11.9. The van der Waals surface area contributed by atoms with Crippen LogP contribution in [-0.2, 0) is 0 Å². The quantitative estimate of drug-likeness (QED) is 0.636. The average molecular weight is 213 g/mol. The first kappa shape index (κ1) is 15.0. The van der Waals surface area contributed by atoms with Crippen molar-refractivity contribution in [3.63, 3.8) is 0 Å². The van der Waals surface area contributed by atoms with Gasteiger partial charge in [0.2, 0.25) is 0 Å². The molecule has 1 N–H and O–H groups in total. The minimum atomic E-state index is 0.416. The van der Waals surface area contributed by atoms with Crippen LogP contribution in [-0.4, -0.2) is 12.6 Å². The average Bonchev–Trinajstić information content (AvgIpc) is 2.15. The lowest BCUT2D eigenvalue weighted by Gasteiger charge is -2.32. The van der Waals surface area contributed by atoms with Crippen LogP contribution >= 0.6 is 0 Å². The highest BCUT2D eigenvalue weighted by atomic mass is 14.9. The van der Waals surface area contributed by atoms with E-state index >= 15 is 0 Å². The molecule has 0 saturated heterocycles. The zero-order valence-electron chi connectivity index (χ0n) is 11.7. The number of hydrogen-bond acceptors (Lipinski definition) is 1. The Morgan fingerprint density at radius 2 is 1.47 bits per heavy atom. The first-order valence-corrected chi connectivity index (χ1v) is 6.67. The standard InChI is InChI=1S/C14H31N/c1-7-9-13(10-8-2)15-11-14(5,6)12(3)4/h12-13,15H,7-11H2,1-6H3. The fraction of sp³-hybridized carbons (Fsp3) is 1.00. The predicted octanol–water partition coefficient (Wildman–Crippen LogP) is 4.23. The third kappa shape index (κ3) is 6.19. The molecule has 15 heavy (non-hydrogen) atoms. The summed E-state index contributed by atoms with van der Waals surface area (Å²) in [7, 11) is 0. The van der Waals surface area contributed by atoms with E-state index < -0.39 is 0 Å². The molecule has 0 bridgehead atoms. The molecule has 0 aliphatic carbocycles. The largest absolute Gasteiger partial charge is 0.313 e. The first-order valence-electron chi connectivity index (χ1n) is 6.67. The van der Waals surface area contributed by atoms with Gasteiger partial charge in [0.05, 0.1) is 0 Å². The van der Waals surface area contributed by atoms with Gasteiger partial charge in [0.15, 0.2) is 0 Å². The van der Waals surface area contributed by atoms with Crippen LogP contribution in [0.1, 0.15) is 67.2 Å². The van der Waals surface area contributed by atoms with Crippen molar-refractivity contribution in [1.82, 2.24) is 5.32 Å². The van der Waals surface area contributed by atoms with E-state index in [4.69, 9.17) is 0 Å². The summed E-state index contributed by atoms with van der Waals surface area (Å²) in [4.78, 5) is 0. The van der Waals surface area contributed by atoms with E-state index in [0.717, 1.165) is 18.5 Å². The van der Waals surface area contributed by atoms with Gasteiger partial charge in [0.25, 0.3) is 0 Å². The van der Waals surface area contributed by atoms with E-state index in [-0.39, 0.29) is 0 Å². The Labute approximate surface area is 97.0 Å². The highest BCUT2D eigenvalue weighted by molar-refractivity contribution is 4.77. The highest BCUT2D eigenvalue weighted by Crippen LogP contribution is 2.25. The Bertz CT molecular complexity index is 143. The summed E-state index contributed by atoms with van der Waals surface area (Å²) < 4.78 is 0. The topological polar surface area (TPSA) is 12.0 Å². The lowest BCUT2D eigenvalue weighted by atomic mass is 9.81. The van der Waals surface area contributed by atoms with Crippen LogP contribution in [0.15, 0.2) is 0 Å². The van der Waals surface area contributed by atoms with Crippen molar-refractivity contribution in [2.24, 2.45) is 11.3 Å². The zero-order valence-corrected chi connectivity index (χ0v) is 11.7. The molecular weight excluding hydrogens is 182 g/mol. The third-order valence-corrected chi connectivity index (χ3v) is 3.68. The van der Waals surface area contributed by atoms with Crippen LogP contribution in [0.2, 0.25) is 0 Å². The molecule has 1 nitrogen and oxygen atoms in total. The summed E-state index contributed by atoms with van der Waals surface area (Å²) in [6.07, 6.45) is 5.23. The van der Waals surface area contributed by atoms with E-state index in [1.807, 2.05) is 0 Å². The molecular formula is C14H31N. The number of hydrogen-bond donors (Lipinski definition) is 1. The van der Waals surface area contributed by atoms with Crippen LogP contribution in [0, 0.1) is 11.3 Å². The van der Waals surface area contributed by atoms with Gasteiger partial charge >= 0.3 is 0 Å². The lowest BCUT2D eigenvalue weighted by Crippen LogP contribution is -2.39. The molecule has 0 aliphatic heterocycles. The normalized spacial score (nSPS) is 12.8. The maximum Gasteiger partial charge on any atom is 0.00670 e. The van der Waals surface area contributed by atoms with Crippen molar-refractivity contribution in [3.05, 3.63) is 0 Å². The van der Waals surface area contributed by atoms with E-state index in [9.17, 15) is 0 Å². The number of nitrogens with one attached hydrogen (secondary N) is 1. The molecule has 1 heteroatoms. The summed E-state index contributed by atoms with van der Waals surface area (Å²) >= 11 is 0. The number of rotatable bonds is 8. The molecule has 0 saturated carbocycles. The molecule has 0 aromatic carbocycles. The molecule has 0 radical (unpaired) electrons. The van der Waals surface area contributed by atoms with Crippen molar-refractivity contribution in [1.29, 1.82) is 0 Å². The highest BCUT2D eigenvalue weighted by Gasteiger charge is 2.22. The van der Waals surface area contributed by atoms with Crippen LogP contribution in [0.5, 0.6) is 0 Å². The second kappa shape index (κ2) is 7.27. The molecule has 0 heterocycles. The van der Waals surface area contributed by atoms with E-state index in [0.29, 0.717) is 5.41 Å². The molecule has 0 aromatic rings. The summed E-state index contributed by atoms with van der Waals surface area (Å²) in [5.74, 6) is 0.744. The van der Waals surface area contributed by atoms with E-state index in [1.54, 1.807) is 0 Å². The van der Waals surface area contributed by atoms with Crippen LogP contribution in [0.4, 0.5) is 0 Å². The lowest BCUT2D eigenvalue weighted by molar-refractivity contribution is 0.223. The molecule has 0 atom stereocenters. The first-order chi connectivity index (χ1) is 6.94. The summed E-state index contributed by atoms with van der Waals surface area (Å²) in [5.41, 5.74) is 0.416. The summed E-state index contributed by atoms with van der Waals surface area (Å²) in [6, 6.07) is 0.734. The molecule has 92 valence electrons. The smallest absolute Gasteiger partial charge is 0.00670 e. The van der Waals surface area contributed by atoms with Crippen LogP contribution < -0.4 is 5.32 Å². The van der Waals surface area contributed by atoms with Gasteiger partial charge in [-0.1, -0.05) is 54.4 Å². The second-order valence-electron chi connectivity index (χ2n) is 5.80. The van der Waals surface area contributed by atoms with Crippen LogP contribution in [0.25, 0.3) is 0 Å². The Morgan fingerprint density at radius 3 is 1.80 bits per heavy atom. The van der Waals surface area contributed by atoms with Gasteiger partial charge in [-0.25, -0.2) is 0 Å². The fourth-order valence-corrected chi connectivity index (χ4v) is 1.66. The van der Waals surface area contributed by atoms with Crippen molar-refractivity contribution in [2.45, 2.75) is 73.3 Å². The van der Waals surface area contributed by atoms with Crippen LogP contribution in [0.3, 0.4) is 0 Å². The molecule has 0 aromatic heterocycles. The fourth-order valence-electron chi connectivity index (χ4n) is 1.66. The second-order valence-corrected chi connectivity index (χ2v) is 5.80. The molecule has 0 unspecified atom stereocenters. The molecule has 0 amide bonds. The van der Waals surface area contributed by atoms with E-state index in [1.165, 1.54) is 25.7 Å². The summed E-state index contributed by atoms with van der Waals surface area (Å²) in [6.45, 7) is 15.1. The van der Waals surface area contributed by atoms with Gasteiger partial charge in [-0.2, -0.15) is 0 Å². The van der Waals surface area contributed by atoms with Gasteiger partial charge in [-0.3, -0.25) is 0 Å². The van der Waals surface area contributed by atoms with Crippen molar-refractivity contribution in [2.75, 3.05) is 6.54 Å². The Morgan fingerprint density at radius 1 is 1.00 bits per heavy atom. The Hall–Kier alpha value is -0.0400. The Kier molecular flexibility index (Phi) is 7.25. The SMILES string of the molecule is CCCC(CCC)NCC(C)(C)C(C)C. The third-order valence-electron chi connectivity index (χ3n) is 3.68. The minimum absolute atomic E-state index is 0.416. The van der Waals surface area contributed by atoms with Crippen molar-refractivity contribution < 1.29 is 0 Å². The molecule has 0 rings (SSSR count). The van der Waals surface area contributed by atoms with Crippen molar-refractivity contribution in [3.8, 4) is 0 Å². The molecule has 0 fully saturated rings. The molecule has 0 spiro atoms. The van der Waals surface area contributed by atoms with Gasteiger partial charge in [0, 0.05) is 12.6 Å². The maximum absolute atomic E-state index is 3.74. The predicted molar refractivity (Wildman–Crippen MR) is 70.2 cm³/mol. The van der Waals surface area contributed by atoms with Gasteiger partial charge in [-0.05, 0) is 24.2 Å². The van der Waals surface area contributed by atoms with E-state index in [2.05, 4.69) is 46.9 Å². The van der Waals surface area contributed by atoms with Gasteiger partial charge < -0.3 is 5.32 Å². The summed E-state index contributed by atoms with van der Waals surface area (Å²) in [5, 5.41) is 3.74. The monoisotopic (exact) mass is 213 g/mol.